The molecule has 0 aromatic rings. The molecule has 0 saturated carbocycles. The summed E-state index contributed by atoms with van der Waals surface area (Å²) in [6.45, 7) is 4.96. The predicted octanol–water partition coefficient (Wildman–Crippen LogP) is 1.24. The van der Waals surface area contributed by atoms with Gasteiger partial charge in [0.2, 0.25) is 0 Å². The minimum Gasteiger partial charge on any atom is -0.479 e. The average molecular weight is 255 g/mol. The van der Waals surface area contributed by atoms with E-state index in [-0.39, 0.29) is 0 Å². The number of nitro groups is 1. The molecule has 3 unspecified atom stereocenters. The van der Waals surface area contributed by atoms with Gasteiger partial charge in [-0.15, -0.1) is 0 Å². The van der Waals surface area contributed by atoms with Crippen LogP contribution in [0.25, 0.3) is 0 Å². The Morgan fingerprint density at radius 3 is 2.39 bits per heavy atom. The number of nitrogens with zero attached hydrogens (tertiary/aromatic N) is 1. The highest BCUT2D eigenvalue weighted by atomic mass is 16.6. The SMILES string of the molecule is CC(C)(C)C1([N+](=O)[O-])C=CC=CC1C(O)C(=O)O. The van der Waals surface area contributed by atoms with Crippen molar-refractivity contribution in [1.29, 1.82) is 0 Å². The zero-order valence-corrected chi connectivity index (χ0v) is 10.5. The second kappa shape index (κ2) is 4.53. The molecular weight excluding hydrogens is 238 g/mol. The molecule has 1 rings (SSSR count). The summed E-state index contributed by atoms with van der Waals surface area (Å²) in [5.41, 5.74) is -2.47. The molecule has 0 radical (unpaired) electrons. The van der Waals surface area contributed by atoms with Crippen LogP contribution in [-0.2, 0) is 4.79 Å². The fraction of sp³-hybridized carbons (Fsp3) is 0.583. The van der Waals surface area contributed by atoms with Crippen LogP contribution in [0.4, 0.5) is 0 Å². The maximum atomic E-state index is 11.5. The lowest BCUT2D eigenvalue weighted by atomic mass is 9.63. The number of rotatable bonds is 3. The van der Waals surface area contributed by atoms with Crippen molar-refractivity contribution >= 4 is 5.97 Å². The van der Waals surface area contributed by atoms with Gasteiger partial charge >= 0.3 is 5.97 Å². The lowest BCUT2D eigenvalue weighted by Crippen LogP contribution is -2.58. The molecule has 0 aliphatic heterocycles. The fourth-order valence-electron chi connectivity index (χ4n) is 2.35. The van der Waals surface area contributed by atoms with Gasteiger partial charge in [-0.3, -0.25) is 10.1 Å². The number of hydrogen-bond donors (Lipinski definition) is 2. The van der Waals surface area contributed by atoms with E-state index in [4.69, 9.17) is 5.11 Å². The fourth-order valence-corrected chi connectivity index (χ4v) is 2.35. The van der Waals surface area contributed by atoms with Crippen molar-refractivity contribution in [3.63, 3.8) is 0 Å². The maximum absolute atomic E-state index is 11.5. The van der Waals surface area contributed by atoms with Gasteiger partial charge in [0.15, 0.2) is 6.10 Å². The second-order valence-electron chi connectivity index (χ2n) is 5.39. The van der Waals surface area contributed by atoms with Crippen molar-refractivity contribution in [3.8, 4) is 0 Å². The summed E-state index contributed by atoms with van der Waals surface area (Å²) in [4.78, 5) is 21.9. The molecule has 0 aromatic carbocycles. The predicted molar refractivity (Wildman–Crippen MR) is 64.6 cm³/mol. The largest absolute Gasteiger partial charge is 0.479 e. The van der Waals surface area contributed by atoms with Gasteiger partial charge in [0, 0.05) is 10.3 Å². The molecule has 0 fully saturated rings. The topological polar surface area (TPSA) is 101 Å². The molecule has 1 aliphatic rings. The van der Waals surface area contributed by atoms with Crippen molar-refractivity contribution < 1.29 is 19.9 Å². The van der Waals surface area contributed by atoms with Crippen LogP contribution in [0, 0.1) is 21.4 Å². The Labute approximate surface area is 105 Å². The first-order chi connectivity index (χ1) is 8.14. The van der Waals surface area contributed by atoms with E-state index in [0.29, 0.717) is 0 Å². The highest BCUT2D eigenvalue weighted by Crippen LogP contribution is 2.44. The average Bonchev–Trinajstić information content (AvgIpc) is 2.25. The van der Waals surface area contributed by atoms with Crippen LogP contribution in [0.1, 0.15) is 20.8 Å². The molecular formula is C12H17NO5. The highest BCUT2D eigenvalue weighted by molar-refractivity contribution is 5.73. The van der Waals surface area contributed by atoms with Crippen molar-refractivity contribution in [2.45, 2.75) is 32.4 Å². The van der Waals surface area contributed by atoms with Gasteiger partial charge in [-0.2, -0.15) is 0 Å². The Kier molecular flexibility index (Phi) is 3.62. The van der Waals surface area contributed by atoms with Crippen LogP contribution in [0.5, 0.6) is 0 Å². The number of aliphatic hydroxyl groups excluding tert-OH is 1. The Balaban J connectivity index is 3.38. The summed E-state index contributed by atoms with van der Waals surface area (Å²) in [6.07, 6.45) is 3.97. The number of aliphatic carboxylic acids is 1. The summed E-state index contributed by atoms with van der Waals surface area (Å²) >= 11 is 0. The van der Waals surface area contributed by atoms with Crippen molar-refractivity contribution in [1.82, 2.24) is 0 Å². The van der Waals surface area contributed by atoms with E-state index in [1.807, 2.05) is 0 Å². The van der Waals surface area contributed by atoms with E-state index in [1.54, 1.807) is 20.8 Å². The molecule has 2 N–H and O–H groups in total. The van der Waals surface area contributed by atoms with Gasteiger partial charge in [-0.1, -0.05) is 39.0 Å². The highest BCUT2D eigenvalue weighted by Gasteiger charge is 2.60. The minimum absolute atomic E-state index is 0.510. The van der Waals surface area contributed by atoms with Gasteiger partial charge in [0.1, 0.15) is 0 Å². The minimum atomic E-state index is -1.81. The molecule has 0 bridgehead atoms. The second-order valence-corrected chi connectivity index (χ2v) is 5.39. The van der Waals surface area contributed by atoms with E-state index in [1.165, 1.54) is 24.3 Å². The zero-order chi connectivity index (χ0) is 14.1. The van der Waals surface area contributed by atoms with E-state index < -0.39 is 33.9 Å². The first-order valence-corrected chi connectivity index (χ1v) is 5.56. The number of hydrogen-bond acceptors (Lipinski definition) is 4. The standard InChI is InChI=1S/C12H17NO5/c1-11(2,3)12(13(17)18)7-5-4-6-8(12)9(14)10(15)16/h4-9,14H,1-3H3,(H,15,16). The first kappa shape index (κ1) is 14.4. The first-order valence-electron chi connectivity index (χ1n) is 5.56. The van der Waals surface area contributed by atoms with Gasteiger partial charge in [-0.05, 0) is 6.08 Å². The molecule has 3 atom stereocenters. The smallest absolute Gasteiger partial charge is 0.333 e. The van der Waals surface area contributed by atoms with Gasteiger partial charge in [0.05, 0.1) is 5.92 Å². The van der Waals surface area contributed by atoms with Crippen molar-refractivity contribution in [2.75, 3.05) is 0 Å². The lowest BCUT2D eigenvalue weighted by Gasteiger charge is -2.41. The quantitative estimate of drug-likeness (QED) is 0.583. The Hall–Kier alpha value is -1.69. The Morgan fingerprint density at radius 2 is 2.00 bits per heavy atom. The van der Waals surface area contributed by atoms with Crippen LogP contribution >= 0.6 is 0 Å². The summed E-state index contributed by atoms with van der Waals surface area (Å²) in [6, 6.07) is 0. The molecule has 0 heterocycles. The van der Waals surface area contributed by atoms with Crippen LogP contribution in [-0.4, -0.2) is 32.7 Å². The molecule has 6 heteroatoms. The number of carbonyl (C=O) groups is 1. The van der Waals surface area contributed by atoms with E-state index in [0.717, 1.165) is 0 Å². The summed E-state index contributed by atoms with van der Waals surface area (Å²) < 4.78 is 0. The maximum Gasteiger partial charge on any atom is 0.333 e. The summed E-state index contributed by atoms with van der Waals surface area (Å²) in [5, 5.41) is 30.1. The third kappa shape index (κ3) is 2.03. The van der Waals surface area contributed by atoms with Gasteiger partial charge in [0.25, 0.3) is 5.54 Å². The number of carboxylic acids is 1. The summed E-state index contributed by atoms with van der Waals surface area (Å²) in [7, 11) is 0. The molecule has 100 valence electrons. The third-order valence-electron chi connectivity index (χ3n) is 3.38. The normalized spacial score (nSPS) is 29.0. The van der Waals surface area contributed by atoms with Gasteiger partial charge in [-0.25, -0.2) is 4.79 Å². The molecule has 1 aliphatic carbocycles. The van der Waals surface area contributed by atoms with E-state index in [9.17, 15) is 20.0 Å². The Bertz CT molecular complexity index is 421. The molecule has 6 nitrogen and oxygen atoms in total. The monoisotopic (exact) mass is 255 g/mol. The van der Waals surface area contributed by atoms with E-state index >= 15 is 0 Å². The lowest BCUT2D eigenvalue weighted by molar-refractivity contribution is -0.584. The Morgan fingerprint density at radius 1 is 1.44 bits per heavy atom. The number of carboxylic acid groups (broad SMARTS) is 1. The number of aliphatic hydroxyl groups is 1. The molecule has 0 amide bonds. The van der Waals surface area contributed by atoms with Crippen LogP contribution < -0.4 is 0 Å². The van der Waals surface area contributed by atoms with Gasteiger partial charge < -0.3 is 10.2 Å². The van der Waals surface area contributed by atoms with Crippen LogP contribution in [0.15, 0.2) is 24.3 Å². The molecule has 0 spiro atoms. The molecule has 0 aromatic heterocycles. The summed E-state index contributed by atoms with van der Waals surface area (Å²) in [5.74, 6) is -2.56. The molecule has 0 saturated heterocycles. The molecule has 18 heavy (non-hydrogen) atoms. The van der Waals surface area contributed by atoms with Crippen LogP contribution in [0.3, 0.4) is 0 Å². The van der Waals surface area contributed by atoms with Crippen molar-refractivity contribution in [3.05, 3.63) is 34.4 Å². The zero-order valence-electron chi connectivity index (χ0n) is 10.5. The van der Waals surface area contributed by atoms with E-state index in [2.05, 4.69) is 0 Å². The van der Waals surface area contributed by atoms with Crippen molar-refractivity contribution in [2.24, 2.45) is 11.3 Å². The third-order valence-corrected chi connectivity index (χ3v) is 3.38. The van der Waals surface area contributed by atoms with Crippen LogP contribution in [0.2, 0.25) is 0 Å². The number of allylic oxidation sites excluding steroid dienone is 2.